The van der Waals surface area contributed by atoms with Gasteiger partial charge < -0.3 is 5.32 Å². The number of nitriles is 1. The largest absolute Gasteiger partial charge is 0.320 e. The summed E-state index contributed by atoms with van der Waals surface area (Å²) in [6.45, 7) is 0. The Morgan fingerprint density at radius 1 is 0.722 bits per heavy atom. The molecule has 0 fully saturated rings. The van der Waals surface area contributed by atoms with Gasteiger partial charge >= 0.3 is 0 Å². The van der Waals surface area contributed by atoms with Crippen LogP contribution in [-0.2, 0) is 9.59 Å². The SMILES string of the molecule is N#Cc1cc2sccc2s1.O=C1CC(c2cc3sccc3s2)=C2C(=O)NC(c3cc4sccc4s3)=C12. The van der Waals surface area contributed by atoms with Crippen LogP contribution < -0.4 is 5.32 Å². The number of hydrogen-bond acceptors (Lipinski definition) is 9. The molecule has 0 saturated carbocycles. The van der Waals surface area contributed by atoms with E-state index in [0.717, 1.165) is 20.2 Å². The van der Waals surface area contributed by atoms with Crippen LogP contribution in [-0.4, -0.2) is 11.7 Å². The number of hydrogen-bond donors (Lipinski definition) is 1. The van der Waals surface area contributed by atoms with Crippen LogP contribution in [0.5, 0.6) is 0 Å². The monoisotopic (exact) mass is 576 g/mol. The summed E-state index contributed by atoms with van der Waals surface area (Å²) in [6.07, 6.45) is 0.315. The summed E-state index contributed by atoms with van der Waals surface area (Å²) in [5.41, 5.74) is 2.73. The number of carbonyl (C=O) groups excluding carboxylic acids is 2. The van der Waals surface area contributed by atoms with Gasteiger partial charge in [0, 0.05) is 39.5 Å². The summed E-state index contributed by atoms with van der Waals surface area (Å²) in [6, 6.07) is 14.5. The van der Waals surface area contributed by atoms with Crippen molar-refractivity contribution in [3.63, 3.8) is 0 Å². The maximum atomic E-state index is 12.8. The molecule has 0 unspecified atom stereocenters. The van der Waals surface area contributed by atoms with Gasteiger partial charge in [0.25, 0.3) is 5.91 Å². The van der Waals surface area contributed by atoms with Crippen LogP contribution in [0.2, 0.25) is 0 Å². The lowest BCUT2D eigenvalue weighted by Crippen LogP contribution is -2.16. The Morgan fingerprint density at radius 3 is 1.92 bits per heavy atom. The molecular formula is C26H12N2O2S6. The Hall–Kier alpha value is -2.91. The quantitative estimate of drug-likeness (QED) is 0.225. The molecule has 1 aliphatic heterocycles. The molecule has 0 radical (unpaired) electrons. The van der Waals surface area contributed by atoms with Crippen molar-refractivity contribution in [1.82, 2.24) is 5.32 Å². The Balaban J connectivity index is 0.000000185. The molecule has 0 aromatic carbocycles. The fourth-order valence-corrected chi connectivity index (χ4v) is 10.6. The highest BCUT2D eigenvalue weighted by atomic mass is 32.1. The van der Waals surface area contributed by atoms with E-state index in [1.807, 2.05) is 17.5 Å². The van der Waals surface area contributed by atoms with Crippen LogP contribution in [0.3, 0.4) is 0 Å². The third kappa shape index (κ3) is 3.55. The Morgan fingerprint density at radius 2 is 1.31 bits per heavy atom. The summed E-state index contributed by atoms with van der Waals surface area (Å²) in [4.78, 5) is 28.3. The molecule has 1 N–H and O–H groups in total. The van der Waals surface area contributed by atoms with E-state index in [9.17, 15) is 9.59 Å². The molecule has 7 heterocycles. The van der Waals surface area contributed by atoms with Crippen LogP contribution in [0.1, 0.15) is 21.1 Å². The van der Waals surface area contributed by atoms with Gasteiger partial charge in [-0.3, -0.25) is 9.59 Å². The summed E-state index contributed by atoms with van der Waals surface area (Å²) in [7, 11) is 0. The normalized spacial score (nSPS) is 15.2. The number of rotatable bonds is 2. The number of nitrogens with one attached hydrogen (secondary N) is 1. The summed E-state index contributed by atoms with van der Waals surface area (Å²) in [5, 5.41) is 17.7. The molecule has 1 aliphatic carbocycles. The molecule has 36 heavy (non-hydrogen) atoms. The number of ketones is 1. The van der Waals surface area contributed by atoms with Crippen molar-refractivity contribution < 1.29 is 9.59 Å². The van der Waals surface area contributed by atoms with E-state index in [-0.39, 0.29) is 11.7 Å². The summed E-state index contributed by atoms with van der Waals surface area (Å²) < 4.78 is 7.24. The molecule has 1 amide bonds. The highest BCUT2D eigenvalue weighted by Crippen LogP contribution is 2.47. The smallest absolute Gasteiger partial charge is 0.256 e. The minimum Gasteiger partial charge on any atom is -0.320 e. The van der Waals surface area contributed by atoms with Crippen LogP contribution in [0.15, 0.2) is 63.7 Å². The fourth-order valence-electron chi connectivity index (χ4n) is 4.40. The molecule has 2 aliphatic rings. The highest BCUT2D eigenvalue weighted by molar-refractivity contribution is 7.28. The number of amides is 1. The second-order valence-corrected chi connectivity index (χ2v) is 14.1. The maximum Gasteiger partial charge on any atom is 0.256 e. The molecular weight excluding hydrogens is 565 g/mol. The van der Waals surface area contributed by atoms with E-state index in [0.29, 0.717) is 23.3 Å². The van der Waals surface area contributed by atoms with Gasteiger partial charge in [0.05, 0.1) is 21.7 Å². The number of thiophene rings is 6. The topological polar surface area (TPSA) is 70.0 Å². The van der Waals surface area contributed by atoms with Gasteiger partial charge in [-0.05, 0) is 58.1 Å². The Kier molecular flexibility index (Phi) is 5.32. The van der Waals surface area contributed by atoms with Crippen molar-refractivity contribution in [3.8, 4) is 6.07 Å². The zero-order valence-electron chi connectivity index (χ0n) is 18.1. The predicted molar refractivity (Wildman–Crippen MR) is 155 cm³/mol. The van der Waals surface area contributed by atoms with Gasteiger partial charge in [0.15, 0.2) is 5.78 Å². The second kappa shape index (κ2) is 8.59. The molecule has 174 valence electrons. The first kappa shape index (κ1) is 22.3. The highest BCUT2D eigenvalue weighted by Gasteiger charge is 2.41. The molecule has 10 heteroatoms. The van der Waals surface area contributed by atoms with E-state index in [2.05, 4.69) is 46.4 Å². The minimum atomic E-state index is -0.149. The van der Waals surface area contributed by atoms with Gasteiger partial charge in [0.1, 0.15) is 10.9 Å². The first-order valence-corrected chi connectivity index (χ1v) is 15.8. The average Bonchev–Trinajstić information content (AvgIpc) is 3.66. The van der Waals surface area contributed by atoms with Gasteiger partial charge in [-0.2, -0.15) is 5.26 Å². The molecule has 6 aromatic heterocycles. The summed E-state index contributed by atoms with van der Waals surface area (Å²) in [5.74, 6) is -0.110. The standard InChI is InChI=1S/C19H9NO2S4.C7H3NS2/c21-9-5-8(12-6-13-10(25-12)1-3-23-13)16-17(9)18(20-19(16)22)15-7-14-11(26-15)2-4-24-14;8-4-5-3-7-6(10-5)1-2-9-7/h1-4,6-7H,5H2,(H,20,22);1-3H. The van der Waals surface area contributed by atoms with Crippen molar-refractivity contribution in [1.29, 1.82) is 5.26 Å². The Bertz CT molecular complexity index is 1770. The van der Waals surface area contributed by atoms with Gasteiger partial charge in [0.2, 0.25) is 0 Å². The number of carbonyl (C=O) groups is 2. The maximum absolute atomic E-state index is 12.8. The van der Waals surface area contributed by atoms with Crippen LogP contribution in [0, 0.1) is 11.3 Å². The average molecular weight is 577 g/mol. The number of Topliss-reactive ketones (excluding diaryl/α,β-unsaturated/α-hetero) is 1. The first-order chi connectivity index (χ1) is 17.6. The van der Waals surface area contributed by atoms with Crippen molar-refractivity contribution in [2.45, 2.75) is 6.42 Å². The molecule has 8 rings (SSSR count). The third-order valence-electron chi connectivity index (χ3n) is 5.96. The molecule has 0 atom stereocenters. The van der Waals surface area contributed by atoms with Crippen LogP contribution >= 0.6 is 68.0 Å². The molecule has 4 nitrogen and oxygen atoms in total. The number of fused-ring (bicyclic) bond motifs is 4. The molecule has 0 bridgehead atoms. The number of allylic oxidation sites excluding steroid dienone is 1. The second-order valence-electron chi connectivity index (χ2n) is 8.05. The molecule has 6 aromatic rings. The van der Waals surface area contributed by atoms with E-state index >= 15 is 0 Å². The van der Waals surface area contributed by atoms with Crippen LogP contribution in [0.25, 0.3) is 39.5 Å². The minimum absolute atomic E-state index is 0.0388. The van der Waals surface area contributed by atoms with Crippen molar-refractivity contribution in [2.24, 2.45) is 0 Å². The van der Waals surface area contributed by atoms with E-state index < -0.39 is 0 Å². The van der Waals surface area contributed by atoms with Gasteiger partial charge in [-0.15, -0.1) is 68.0 Å². The molecule has 0 spiro atoms. The fraction of sp³-hybridized carbons (Fsp3) is 0.0385. The zero-order chi connectivity index (χ0) is 24.4. The van der Waals surface area contributed by atoms with Gasteiger partial charge in [-0.25, -0.2) is 0 Å². The molecule has 0 saturated heterocycles. The third-order valence-corrected chi connectivity index (χ3v) is 12.2. The van der Waals surface area contributed by atoms with E-state index in [1.165, 1.54) is 28.2 Å². The van der Waals surface area contributed by atoms with E-state index in [4.69, 9.17) is 5.26 Å². The van der Waals surface area contributed by atoms with E-state index in [1.54, 1.807) is 68.0 Å². The van der Waals surface area contributed by atoms with Gasteiger partial charge in [-0.1, -0.05) is 0 Å². The lowest BCUT2D eigenvalue weighted by molar-refractivity contribution is -0.116. The van der Waals surface area contributed by atoms with Crippen LogP contribution in [0.4, 0.5) is 0 Å². The Labute approximate surface area is 228 Å². The zero-order valence-corrected chi connectivity index (χ0v) is 23.0. The first-order valence-electron chi connectivity index (χ1n) is 10.7. The lowest BCUT2D eigenvalue weighted by atomic mass is 10.1. The van der Waals surface area contributed by atoms with Crippen molar-refractivity contribution >= 4 is 119 Å². The lowest BCUT2D eigenvalue weighted by Gasteiger charge is -2.02. The predicted octanol–water partition coefficient (Wildman–Crippen LogP) is 8.34. The summed E-state index contributed by atoms with van der Waals surface area (Å²) >= 11 is 9.88. The van der Waals surface area contributed by atoms with Crippen molar-refractivity contribution in [3.05, 3.63) is 78.3 Å². The van der Waals surface area contributed by atoms with Crippen molar-refractivity contribution in [2.75, 3.05) is 0 Å². The number of nitrogens with zero attached hydrogens (tertiary/aromatic N) is 1.